The van der Waals surface area contributed by atoms with E-state index in [4.69, 9.17) is 11.5 Å². The van der Waals surface area contributed by atoms with E-state index in [-0.39, 0.29) is 0 Å². The highest BCUT2D eigenvalue weighted by molar-refractivity contribution is 5.50. The van der Waals surface area contributed by atoms with Crippen molar-refractivity contribution in [1.29, 1.82) is 0 Å². The van der Waals surface area contributed by atoms with Gasteiger partial charge in [-0.2, -0.15) is 0 Å². The molecule has 0 bridgehead atoms. The normalized spacial score (nSPS) is 15.4. The van der Waals surface area contributed by atoms with Crippen molar-refractivity contribution in [3.63, 3.8) is 0 Å². The number of hydrogen-bond acceptors (Lipinski definition) is 4. The van der Waals surface area contributed by atoms with Gasteiger partial charge in [0.25, 0.3) is 0 Å². The minimum absolute atomic E-state index is 0.713. The molecule has 1 aliphatic rings. The van der Waals surface area contributed by atoms with E-state index >= 15 is 0 Å². The molecule has 5 N–H and O–H groups in total. The Kier molecular flexibility index (Phi) is 4.39. The zero-order chi connectivity index (χ0) is 11.3. The molecule has 1 heterocycles. The van der Waals surface area contributed by atoms with E-state index in [1.165, 1.54) is 13.1 Å². The predicted octanol–water partition coefficient (Wildman–Crippen LogP) is 0.371. The highest BCUT2D eigenvalue weighted by Gasteiger charge is 2.17. The lowest BCUT2D eigenvalue weighted by Gasteiger charge is -2.32. The summed E-state index contributed by atoms with van der Waals surface area (Å²) in [5.74, 6) is 0. The summed E-state index contributed by atoms with van der Waals surface area (Å²) in [6.45, 7) is 2.35. The summed E-state index contributed by atoms with van der Waals surface area (Å²) in [5.41, 5.74) is 12.2. The van der Waals surface area contributed by atoms with Crippen LogP contribution in [0.25, 0.3) is 0 Å². The van der Waals surface area contributed by atoms with Crippen LogP contribution in [0.3, 0.4) is 0 Å². The number of nitrogens with one attached hydrogen (secondary N) is 1. The number of benzene rings is 1. The van der Waals surface area contributed by atoms with Crippen LogP contribution in [0.2, 0.25) is 0 Å². The number of nitrogens with two attached hydrogens (primary N) is 2. The lowest BCUT2D eigenvalue weighted by atomic mass is 10.2. The van der Waals surface area contributed by atoms with Crippen LogP contribution < -0.4 is 16.8 Å². The molecule has 4 heteroatoms. The fourth-order valence-electron chi connectivity index (χ4n) is 1.20. The van der Waals surface area contributed by atoms with Crippen molar-refractivity contribution in [2.24, 2.45) is 0 Å². The van der Waals surface area contributed by atoms with Gasteiger partial charge in [-0.3, -0.25) is 0 Å². The summed E-state index contributed by atoms with van der Waals surface area (Å²) >= 11 is 0. The van der Waals surface area contributed by atoms with Crippen LogP contribution in [0.1, 0.15) is 0 Å². The van der Waals surface area contributed by atoms with Crippen LogP contribution in [-0.4, -0.2) is 38.1 Å². The molecular weight excluding hydrogens is 188 g/mol. The summed E-state index contributed by atoms with van der Waals surface area (Å²) in [7, 11) is 4.23. The van der Waals surface area contributed by atoms with E-state index < -0.39 is 0 Å². The Balaban J connectivity index is 0.000000151. The number of hydrogen-bond donors (Lipinski definition) is 3. The molecule has 0 atom stereocenters. The maximum absolute atomic E-state index is 5.38. The van der Waals surface area contributed by atoms with Crippen molar-refractivity contribution in [3.05, 3.63) is 24.3 Å². The first-order valence-electron chi connectivity index (χ1n) is 5.07. The molecule has 1 aliphatic heterocycles. The van der Waals surface area contributed by atoms with Gasteiger partial charge in [0.15, 0.2) is 0 Å². The van der Waals surface area contributed by atoms with Crippen LogP contribution in [0.15, 0.2) is 24.3 Å². The summed E-state index contributed by atoms with van der Waals surface area (Å²) in [5, 5.41) is 3.20. The van der Waals surface area contributed by atoms with Crippen LogP contribution in [0.4, 0.5) is 11.4 Å². The maximum Gasteiger partial charge on any atom is 0.0339 e. The van der Waals surface area contributed by atoms with Gasteiger partial charge in [0, 0.05) is 30.5 Å². The number of rotatable bonds is 1. The van der Waals surface area contributed by atoms with Crippen LogP contribution >= 0.6 is 0 Å². The molecule has 2 rings (SSSR count). The van der Waals surface area contributed by atoms with Crippen molar-refractivity contribution < 1.29 is 0 Å². The number of likely N-dealkylation sites (N-methyl/N-ethyl adjacent to an activating group) is 1. The topological polar surface area (TPSA) is 67.3 Å². The molecule has 0 saturated carbocycles. The Morgan fingerprint density at radius 2 is 1.73 bits per heavy atom. The standard InChI is InChI=1S/C6H8N2.C5H12N2/c7-5-2-1-3-6(8)4-5;1-7(2)5-3-6-4-5/h1-4H,7-8H2;5-6H,3-4H2,1-2H3. The summed E-state index contributed by atoms with van der Waals surface area (Å²) < 4.78 is 0. The number of nitrogen functional groups attached to an aromatic ring is 2. The van der Waals surface area contributed by atoms with Crippen molar-refractivity contribution in [2.45, 2.75) is 6.04 Å². The Morgan fingerprint density at radius 3 is 1.87 bits per heavy atom. The van der Waals surface area contributed by atoms with Gasteiger partial charge in [-0.15, -0.1) is 0 Å². The first kappa shape index (κ1) is 11.8. The smallest absolute Gasteiger partial charge is 0.0339 e. The molecule has 0 aliphatic carbocycles. The van der Waals surface area contributed by atoms with Crippen LogP contribution in [0, 0.1) is 0 Å². The lowest BCUT2D eigenvalue weighted by Crippen LogP contribution is -2.54. The van der Waals surface area contributed by atoms with Gasteiger partial charge in [-0.1, -0.05) is 6.07 Å². The molecule has 1 aromatic carbocycles. The van der Waals surface area contributed by atoms with Gasteiger partial charge >= 0.3 is 0 Å². The zero-order valence-electron chi connectivity index (χ0n) is 9.40. The summed E-state index contributed by atoms with van der Waals surface area (Å²) in [4.78, 5) is 2.25. The molecule has 0 aromatic heterocycles. The van der Waals surface area contributed by atoms with E-state index in [9.17, 15) is 0 Å². The Morgan fingerprint density at radius 1 is 1.20 bits per heavy atom. The SMILES string of the molecule is CN(C)C1CNC1.Nc1cccc(N)c1. The molecule has 4 nitrogen and oxygen atoms in total. The Bertz CT molecular complexity index is 277. The maximum atomic E-state index is 5.38. The van der Waals surface area contributed by atoms with Gasteiger partial charge in [-0.05, 0) is 32.3 Å². The molecule has 1 fully saturated rings. The molecule has 0 amide bonds. The average molecular weight is 208 g/mol. The summed E-state index contributed by atoms with van der Waals surface area (Å²) in [6.07, 6.45) is 0. The predicted molar refractivity (Wildman–Crippen MR) is 65.6 cm³/mol. The molecule has 15 heavy (non-hydrogen) atoms. The van der Waals surface area contributed by atoms with E-state index in [0.717, 1.165) is 6.04 Å². The second kappa shape index (κ2) is 5.58. The second-order valence-corrected chi connectivity index (χ2v) is 3.95. The first-order valence-corrected chi connectivity index (χ1v) is 5.07. The van der Waals surface area contributed by atoms with Gasteiger partial charge < -0.3 is 21.7 Å². The van der Waals surface area contributed by atoms with E-state index in [0.29, 0.717) is 11.4 Å². The Labute approximate surface area is 91.2 Å². The monoisotopic (exact) mass is 208 g/mol. The van der Waals surface area contributed by atoms with Crippen molar-refractivity contribution in [1.82, 2.24) is 10.2 Å². The van der Waals surface area contributed by atoms with Gasteiger partial charge in [0.1, 0.15) is 0 Å². The third-order valence-electron chi connectivity index (χ3n) is 2.40. The minimum Gasteiger partial charge on any atom is -0.399 e. The summed E-state index contributed by atoms with van der Waals surface area (Å²) in [6, 6.07) is 7.96. The van der Waals surface area contributed by atoms with Crippen LogP contribution in [-0.2, 0) is 0 Å². The van der Waals surface area contributed by atoms with E-state index in [2.05, 4.69) is 24.3 Å². The number of anilines is 2. The fraction of sp³-hybridized carbons (Fsp3) is 0.455. The third kappa shape index (κ3) is 4.18. The molecule has 84 valence electrons. The second-order valence-electron chi connectivity index (χ2n) is 3.95. The van der Waals surface area contributed by atoms with Crippen LogP contribution in [0.5, 0.6) is 0 Å². The molecule has 0 radical (unpaired) electrons. The highest BCUT2D eigenvalue weighted by atomic mass is 15.2. The van der Waals surface area contributed by atoms with Crippen molar-refractivity contribution in [3.8, 4) is 0 Å². The fourth-order valence-corrected chi connectivity index (χ4v) is 1.20. The van der Waals surface area contributed by atoms with Gasteiger partial charge in [-0.25, -0.2) is 0 Å². The average Bonchev–Trinajstić information content (AvgIpc) is 1.99. The first-order chi connectivity index (χ1) is 7.09. The van der Waals surface area contributed by atoms with E-state index in [1.807, 2.05) is 6.07 Å². The number of nitrogens with zero attached hydrogens (tertiary/aromatic N) is 1. The van der Waals surface area contributed by atoms with Gasteiger partial charge in [0.05, 0.1) is 0 Å². The van der Waals surface area contributed by atoms with Crippen molar-refractivity contribution >= 4 is 11.4 Å². The quantitative estimate of drug-likeness (QED) is 0.583. The molecule has 1 aromatic rings. The van der Waals surface area contributed by atoms with E-state index in [1.54, 1.807) is 18.2 Å². The highest BCUT2D eigenvalue weighted by Crippen LogP contribution is 2.06. The van der Waals surface area contributed by atoms with Crippen molar-refractivity contribution in [2.75, 3.05) is 38.7 Å². The molecule has 1 saturated heterocycles. The molecular formula is C11H20N4. The molecule has 0 spiro atoms. The minimum atomic E-state index is 0.713. The zero-order valence-corrected chi connectivity index (χ0v) is 9.40. The Hall–Kier alpha value is -1.26. The lowest BCUT2D eigenvalue weighted by molar-refractivity contribution is 0.216. The molecule has 0 unspecified atom stereocenters. The largest absolute Gasteiger partial charge is 0.399 e. The van der Waals surface area contributed by atoms with Gasteiger partial charge in [0.2, 0.25) is 0 Å². The third-order valence-corrected chi connectivity index (χ3v) is 2.40.